The molecule has 0 saturated carbocycles. The molecule has 0 bridgehead atoms. The van der Waals surface area contributed by atoms with Crippen LogP contribution in [0.2, 0.25) is 0 Å². The molecule has 1 aromatic rings. The highest BCUT2D eigenvalue weighted by molar-refractivity contribution is 5.97. The van der Waals surface area contributed by atoms with E-state index in [0.29, 0.717) is 0 Å². The number of nitrogens with zero attached hydrogens (tertiary/aromatic N) is 1. The number of ether oxygens (including phenoxy) is 2. The highest BCUT2D eigenvalue weighted by Gasteiger charge is 2.25. The first-order valence-electron chi connectivity index (χ1n) is 7.35. The Hall–Kier alpha value is -2.97. The van der Waals surface area contributed by atoms with Crippen LogP contribution < -0.4 is 5.32 Å². The summed E-state index contributed by atoms with van der Waals surface area (Å²) >= 11 is 0. The molecule has 1 aromatic carbocycles. The van der Waals surface area contributed by atoms with Crippen molar-refractivity contribution in [2.24, 2.45) is 0 Å². The number of hydrogen-bond donors (Lipinski definition) is 1. The minimum Gasteiger partial charge on any atom is -0.465 e. The Morgan fingerprint density at radius 3 is 2.08 bits per heavy atom. The summed E-state index contributed by atoms with van der Waals surface area (Å²) < 4.78 is 9.52. The summed E-state index contributed by atoms with van der Waals surface area (Å²) in [5.41, 5.74) is -1.39. The number of amides is 1. The maximum Gasteiger partial charge on any atom is 0.339 e. The van der Waals surface area contributed by atoms with Gasteiger partial charge in [0.2, 0.25) is 0 Å². The molecular weight excluding hydrogens is 332 g/mol. The second kappa shape index (κ2) is 7.73. The number of carbonyl (C=O) groups excluding carboxylic acids is 3. The molecular formula is C16H20N2O7. The van der Waals surface area contributed by atoms with Crippen molar-refractivity contribution in [1.29, 1.82) is 0 Å². The molecule has 1 unspecified atom stereocenters. The molecule has 0 aliphatic carbocycles. The second-order valence-corrected chi connectivity index (χ2v) is 6.30. The zero-order chi connectivity index (χ0) is 19.4. The van der Waals surface area contributed by atoms with Crippen molar-refractivity contribution in [1.82, 2.24) is 5.32 Å². The molecule has 1 amide bonds. The van der Waals surface area contributed by atoms with Crippen LogP contribution >= 0.6 is 0 Å². The highest BCUT2D eigenvalue weighted by Crippen LogP contribution is 2.19. The number of esters is 2. The first-order valence-corrected chi connectivity index (χ1v) is 7.35. The van der Waals surface area contributed by atoms with E-state index in [1.54, 1.807) is 20.8 Å². The summed E-state index contributed by atoms with van der Waals surface area (Å²) in [4.78, 5) is 45.9. The van der Waals surface area contributed by atoms with Crippen molar-refractivity contribution in [2.75, 3.05) is 7.11 Å². The molecule has 0 heterocycles. The number of benzene rings is 1. The molecule has 0 radical (unpaired) electrons. The number of nitro groups is 1. The maximum atomic E-state index is 12.2. The van der Waals surface area contributed by atoms with Crippen molar-refractivity contribution in [3.05, 3.63) is 39.4 Å². The van der Waals surface area contributed by atoms with Gasteiger partial charge in [0.1, 0.15) is 0 Å². The van der Waals surface area contributed by atoms with Crippen LogP contribution in [-0.2, 0) is 14.3 Å². The third-order valence-electron chi connectivity index (χ3n) is 2.94. The summed E-state index contributed by atoms with van der Waals surface area (Å²) in [5.74, 6) is -2.32. The first-order chi connectivity index (χ1) is 11.4. The SMILES string of the molecule is COC(=O)c1cc(C(=O)OC(C)C(=O)NC(C)(C)C)cc([N+](=O)[O-])c1. The van der Waals surface area contributed by atoms with Crippen molar-refractivity contribution >= 4 is 23.5 Å². The average molecular weight is 352 g/mol. The molecule has 0 fully saturated rings. The van der Waals surface area contributed by atoms with Gasteiger partial charge < -0.3 is 14.8 Å². The van der Waals surface area contributed by atoms with Crippen molar-refractivity contribution in [3.63, 3.8) is 0 Å². The number of methoxy groups -OCH3 is 1. The van der Waals surface area contributed by atoms with E-state index in [4.69, 9.17) is 4.74 Å². The summed E-state index contributed by atoms with van der Waals surface area (Å²) in [6.45, 7) is 6.67. The lowest BCUT2D eigenvalue weighted by atomic mass is 10.1. The van der Waals surface area contributed by atoms with Crippen LogP contribution in [0.3, 0.4) is 0 Å². The minimum absolute atomic E-state index is 0.171. The molecule has 136 valence electrons. The molecule has 9 heteroatoms. The van der Waals surface area contributed by atoms with Gasteiger partial charge in [0.25, 0.3) is 11.6 Å². The Morgan fingerprint density at radius 1 is 1.12 bits per heavy atom. The van der Waals surface area contributed by atoms with Gasteiger partial charge in [-0.05, 0) is 33.8 Å². The average Bonchev–Trinajstić information content (AvgIpc) is 2.51. The normalized spacial score (nSPS) is 12.0. The summed E-state index contributed by atoms with van der Waals surface area (Å²) in [7, 11) is 1.11. The van der Waals surface area contributed by atoms with Crippen molar-refractivity contribution in [3.8, 4) is 0 Å². The fraction of sp³-hybridized carbons (Fsp3) is 0.438. The smallest absolute Gasteiger partial charge is 0.339 e. The van der Waals surface area contributed by atoms with Gasteiger partial charge >= 0.3 is 11.9 Å². The van der Waals surface area contributed by atoms with E-state index in [0.717, 1.165) is 25.3 Å². The number of nitrogens with one attached hydrogen (secondary N) is 1. The Kier molecular flexibility index (Phi) is 6.21. The summed E-state index contributed by atoms with van der Waals surface area (Å²) in [5, 5.41) is 13.6. The van der Waals surface area contributed by atoms with Gasteiger partial charge in [-0.2, -0.15) is 0 Å². The van der Waals surface area contributed by atoms with Crippen LogP contribution in [0, 0.1) is 10.1 Å². The van der Waals surface area contributed by atoms with Gasteiger partial charge in [0.15, 0.2) is 6.10 Å². The Labute approximate surface area is 144 Å². The number of nitro benzene ring substituents is 1. The van der Waals surface area contributed by atoms with Gasteiger partial charge in [0, 0.05) is 17.7 Å². The zero-order valence-electron chi connectivity index (χ0n) is 14.6. The molecule has 9 nitrogen and oxygen atoms in total. The van der Waals surface area contributed by atoms with Crippen molar-refractivity contribution < 1.29 is 28.8 Å². The first kappa shape index (κ1) is 20.1. The van der Waals surface area contributed by atoms with E-state index in [1.165, 1.54) is 6.92 Å². The van der Waals surface area contributed by atoms with Crippen LogP contribution in [0.1, 0.15) is 48.4 Å². The van der Waals surface area contributed by atoms with Crippen molar-refractivity contribution in [2.45, 2.75) is 39.3 Å². The number of rotatable bonds is 5. The van der Waals surface area contributed by atoms with Gasteiger partial charge in [-0.15, -0.1) is 0 Å². The van der Waals surface area contributed by atoms with Crippen LogP contribution in [0.15, 0.2) is 18.2 Å². The van der Waals surface area contributed by atoms with E-state index in [-0.39, 0.29) is 11.1 Å². The molecule has 0 saturated heterocycles. The lowest BCUT2D eigenvalue weighted by Gasteiger charge is -2.23. The van der Waals surface area contributed by atoms with Crippen LogP contribution in [0.5, 0.6) is 0 Å². The third kappa shape index (κ3) is 5.87. The molecule has 0 aliphatic rings. The Morgan fingerprint density at radius 2 is 1.64 bits per heavy atom. The van der Waals surface area contributed by atoms with E-state index in [9.17, 15) is 24.5 Å². The molecule has 25 heavy (non-hydrogen) atoms. The van der Waals surface area contributed by atoms with Crippen LogP contribution in [-0.4, -0.2) is 41.5 Å². The summed E-state index contributed by atoms with van der Waals surface area (Å²) in [6.07, 6.45) is -1.12. The number of carbonyl (C=O) groups is 3. The maximum absolute atomic E-state index is 12.2. The predicted molar refractivity (Wildman–Crippen MR) is 87.2 cm³/mol. The topological polar surface area (TPSA) is 125 Å². The van der Waals surface area contributed by atoms with Gasteiger partial charge in [-0.25, -0.2) is 9.59 Å². The van der Waals surface area contributed by atoms with Crippen LogP contribution in [0.25, 0.3) is 0 Å². The molecule has 0 aromatic heterocycles. The third-order valence-corrected chi connectivity index (χ3v) is 2.94. The van der Waals surface area contributed by atoms with Gasteiger partial charge in [0.05, 0.1) is 23.2 Å². The summed E-state index contributed by atoms with van der Waals surface area (Å²) in [6, 6.07) is 3.05. The van der Waals surface area contributed by atoms with Gasteiger partial charge in [-0.3, -0.25) is 14.9 Å². The molecule has 0 spiro atoms. The van der Waals surface area contributed by atoms with E-state index in [1.807, 2.05) is 0 Å². The Balaban J connectivity index is 3.04. The Bertz CT molecular complexity index is 707. The monoisotopic (exact) mass is 352 g/mol. The predicted octanol–water partition coefficient (Wildman–Crippen LogP) is 1.84. The fourth-order valence-electron chi connectivity index (χ4n) is 1.82. The number of non-ortho nitro benzene ring substituents is 1. The molecule has 0 aliphatic heterocycles. The lowest BCUT2D eigenvalue weighted by Crippen LogP contribution is -2.46. The largest absolute Gasteiger partial charge is 0.465 e. The number of hydrogen-bond acceptors (Lipinski definition) is 7. The minimum atomic E-state index is -1.12. The standard InChI is InChI=1S/C16H20N2O7/c1-9(13(19)17-16(2,3)4)25-15(21)11-6-10(14(20)24-5)7-12(8-11)18(22)23/h6-9H,1-5H3,(H,17,19). The lowest BCUT2D eigenvalue weighted by molar-refractivity contribution is -0.384. The quantitative estimate of drug-likeness (QED) is 0.487. The van der Waals surface area contributed by atoms with Gasteiger partial charge in [-0.1, -0.05) is 0 Å². The van der Waals surface area contributed by atoms with Crippen LogP contribution in [0.4, 0.5) is 5.69 Å². The second-order valence-electron chi connectivity index (χ2n) is 6.30. The highest BCUT2D eigenvalue weighted by atomic mass is 16.6. The molecule has 1 rings (SSSR count). The molecule has 1 atom stereocenters. The van der Waals surface area contributed by atoms with E-state index in [2.05, 4.69) is 10.1 Å². The molecule has 1 N–H and O–H groups in total. The van der Waals surface area contributed by atoms with E-state index >= 15 is 0 Å². The fourth-order valence-corrected chi connectivity index (χ4v) is 1.82. The van der Waals surface area contributed by atoms with E-state index < -0.39 is 40.1 Å². The zero-order valence-corrected chi connectivity index (χ0v) is 14.6.